The molecule has 2 rings (SSSR count). The smallest absolute Gasteiger partial charge is 0.411 e. The van der Waals surface area contributed by atoms with Crippen molar-refractivity contribution in [2.24, 2.45) is 0 Å². The molecule has 0 aliphatic carbocycles. The summed E-state index contributed by atoms with van der Waals surface area (Å²) in [7, 11) is 0. The molecule has 0 aromatic rings. The van der Waals surface area contributed by atoms with Gasteiger partial charge < -0.3 is 14.6 Å². The number of rotatable bonds is 0. The Balaban J connectivity index is 2.18. The van der Waals surface area contributed by atoms with E-state index in [-0.39, 0.29) is 6.42 Å². The van der Waals surface area contributed by atoms with E-state index in [9.17, 15) is 14.7 Å². The maximum Gasteiger partial charge on any atom is 0.411 e. The molecule has 1 N–H and O–H groups in total. The zero-order valence-corrected chi connectivity index (χ0v) is 10.9. The number of cyclic esters (lactones) is 1. The number of hydrogen-bond acceptors (Lipinski definition) is 5. The number of carbonyl (C=O) groups is 2. The minimum Gasteiger partial charge on any atom is -0.444 e. The first-order valence-corrected chi connectivity index (χ1v) is 6.14. The van der Waals surface area contributed by atoms with Crippen molar-refractivity contribution < 1.29 is 24.2 Å². The molecule has 1 spiro atoms. The van der Waals surface area contributed by atoms with E-state index in [4.69, 9.17) is 9.47 Å². The summed E-state index contributed by atoms with van der Waals surface area (Å²) in [6.07, 6.45) is -0.291. The van der Waals surface area contributed by atoms with Gasteiger partial charge in [0, 0.05) is 13.0 Å². The number of aliphatic hydroxyl groups excluding tert-OH is 1. The van der Waals surface area contributed by atoms with Gasteiger partial charge in [-0.15, -0.1) is 0 Å². The molecule has 6 nitrogen and oxygen atoms in total. The third kappa shape index (κ3) is 2.16. The molecule has 2 heterocycles. The molecule has 18 heavy (non-hydrogen) atoms. The number of hydrogen-bond donors (Lipinski definition) is 1. The van der Waals surface area contributed by atoms with E-state index in [1.165, 1.54) is 4.90 Å². The predicted octanol–water partition coefficient (Wildman–Crippen LogP) is 1.02. The molecule has 6 heteroatoms. The van der Waals surface area contributed by atoms with Crippen molar-refractivity contribution in [2.75, 3.05) is 6.54 Å². The minimum atomic E-state index is -1.12. The fourth-order valence-corrected chi connectivity index (χ4v) is 2.53. The van der Waals surface area contributed by atoms with Crippen LogP contribution < -0.4 is 0 Å². The Morgan fingerprint density at radius 2 is 2.22 bits per heavy atom. The van der Waals surface area contributed by atoms with E-state index < -0.39 is 29.5 Å². The van der Waals surface area contributed by atoms with Crippen LogP contribution in [0.3, 0.4) is 0 Å². The van der Waals surface area contributed by atoms with Gasteiger partial charge in [-0.2, -0.15) is 0 Å². The van der Waals surface area contributed by atoms with Gasteiger partial charge in [0.15, 0.2) is 0 Å². The van der Waals surface area contributed by atoms with Gasteiger partial charge in [-0.3, -0.25) is 4.90 Å². The van der Waals surface area contributed by atoms with Crippen LogP contribution in [0.2, 0.25) is 0 Å². The Kier molecular flexibility index (Phi) is 3.01. The lowest BCUT2D eigenvalue weighted by Crippen LogP contribution is -2.52. The van der Waals surface area contributed by atoms with E-state index in [1.54, 1.807) is 20.8 Å². The van der Waals surface area contributed by atoms with Crippen LogP contribution in [-0.4, -0.2) is 46.0 Å². The molecule has 0 aromatic heterocycles. The number of carbonyl (C=O) groups excluding carboxylic acids is 2. The van der Waals surface area contributed by atoms with Crippen LogP contribution in [0.15, 0.2) is 0 Å². The molecule has 0 saturated carbocycles. The molecule has 0 bridgehead atoms. The van der Waals surface area contributed by atoms with Crippen LogP contribution in [0.5, 0.6) is 0 Å². The number of likely N-dealkylation sites (tertiary alicyclic amines) is 1. The van der Waals surface area contributed by atoms with E-state index in [2.05, 4.69) is 0 Å². The summed E-state index contributed by atoms with van der Waals surface area (Å²) in [6, 6.07) is 0. The molecular formula is C12H19NO5. The first-order chi connectivity index (χ1) is 8.24. The zero-order valence-electron chi connectivity index (χ0n) is 10.9. The third-order valence-electron chi connectivity index (χ3n) is 3.24. The van der Waals surface area contributed by atoms with E-state index in [0.717, 1.165) is 0 Å². The van der Waals surface area contributed by atoms with Crippen molar-refractivity contribution in [3.05, 3.63) is 0 Å². The summed E-state index contributed by atoms with van der Waals surface area (Å²) in [4.78, 5) is 25.3. The van der Waals surface area contributed by atoms with Gasteiger partial charge in [-0.25, -0.2) is 9.59 Å². The van der Waals surface area contributed by atoms with Crippen LogP contribution in [0, 0.1) is 0 Å². The van der Waals surface area contributed by atoms with Gasteiger partial charge in [0.1, 0.15) is 11.1 Å². The fourth-order valence-electron chi connectivity index (χ4n) is 2.53. The van der Waals surface area contributed by atoms with Crippen molar-refractivity contribution in [3.63, 3.8) is 0 Å². The molecule has 2 saturated heterocycles. The SMILES string of the molecule is CC(C)(C)OC(=O)N1CCCC12CC(O)OC2=O. The number of ether oxygens (including phenoxy) is 2. The van der Waals surface area contributed by atoms with E-state index in [0.29, 0.717) is 19.4 Å². The Bertz CT molecular complexity index is 375. The van der Waals surface area contributed by atoms with Gasteiger partial charge in [0.25, 0.3) is 0 Å². The number of nitrogens with zero attached hydrogens (tertiary/aromatic N) is 1. The zero-order chi connectivity index (χ0) is 13.6. The van der Waals surface area contributed by atoms with Crippen LogP contribution in [0.4, 0.5) is 4.79 Å². The summed E-state index contributed by atoms with van der Waals surface area (Å²) < 4.78 is 10.1. The summed E-state index contributed by atoms with van der Waals surface area (Å²) in [6.45, 7) is 5.77. The maximum absolute atomic E-state index is 12.1. The topological polar surface area (TPSA) is 76.1 Å². The van der Waals surface area contributed by atoms with Gasteiger partial charge in [-0.1, -0.05) is 0 Å². The van der Waals surface area contributed by atoms with Gasteiger partial charge in [0.05, 0.1) is 0 Å². The second-order valence-corrected chi connectivity index (χ2v) is 5.83. The summed E-state index contributed by atoms with van der Waals surface area (Å²) in [5, 5.41) is 9.44. The van der Waals surface area contributed by atoms with Gasteiger partial charge >= 0.3 is 12.1 Å². The highest BCUT2D eigenvalue weighted by molar-refractivity contribution is 5.88. The number of amides is 1. The molecule has 0 aromatic carbocycles. The van der Waals surface area contributed by atoms with Gasteiger partial charge in [-0.05, 0) is 33.6 Å². The van der Waals surface area contributed by atoms with Crippen LogP contribution in [0.25, 0.3) is 0 Å². The predicted molar refractivity (Wildman–Crippen MR) is 61.6 cm³/mol. The summed E-state index contributed by atoms with van der Waals surface area (Å²) >= 11 is 0. The normalized spacial score (nSPS) is 31.9. The lowest BCUT2D eigenvalue weighted by Gasteiger charge is -2.32. The quantitative estimate of drug-likeness (QED) is 0.656. The highest BCUT2D eigenvalue weighted by atomic mass is 16.6. The minimum absolute atomic E-state index is 0.130. The number of aliphatic hydroxyl groups is 1. The molecule has 2 fully saturated rings. The summed E-state index contributed by atoms with van der Waals surface area (Å²) in [5.74, 6) is -0.529. The van der Waals surface area contributed by atoms with Gasteiger partial charge in [0.2, 0.25) is 6.29 Å². The molecular weight excluding hydrogens is 238 g/mol. The molecule has 2 aliphatic heterocycles. The molecule has 2 unspecified atom stereocenters. The number of esters is 1. The van der Waals surface area contributed by atoms with Crippen molar-refractivity contribution in [1.29, 1.82) is 0 Å². The average molecular weight is 257 g/mol. The lowest BCUT2D eigenvalue weighted by molar-refractivity contribution is -0.158. The third-order valence-corrected chi connectivity index (χ3v) is 3.24. The van der Waals surface area contributed by atoms with Crippen molar-refractivity contribution in [3.8, 4) is 0 Å². The van der Waals surface area contributed by atoms with Crippen molar-refractivity contribution >= 4 is 12.1 Å². The Hall–Kier alpha value is -1.30. The van der Waals surface area contributed by atoms with E-state index in [1.807, 2.05) is 0 Å². The monoisotopic (exact) mass is 257 g/mol. The van der Waals surface area contributed by atoms with Crippen LogP contribution in [-0.2, 0) is 14.3 Å². The molecule has 2 aliphatic rings. The Morgan fingerprint density at radius 3 is 2.72 bits per heavy atom. The summed E-state index contributed by atoms with van der Waals surface area (Å²) in [5.41, 5.74) is -1.64. The largest absolute Gasteiger partial charge is 0.444 e. The highest BCUT2D eigenvalue weighted by Crippen LogP contribution is 2.40. The second kappa shape index (κ2) is 4.12. The molecule has 1 amide bonds. The molecule has 2 atom stereocenters. The lowest BCUT2D eigenvalue weighted by atomic mass is 9.94. The van der Waals surface area contributed by atoms with Crippen LogP contribution in [0.1, 0.15) is 40.0 Å². The molecule has 102 valence electrons. The molecule has 0 radical (unpaired) electrons. The maximum atomic E-state index is 12.1. The first kappa shape index (κ1) is 13.1. The average Bonchev–Trinajstić information content (AvgIpc) is 2.70. The fraction of sp³-hybridized carbons (Fsp3) is 0.833. The van der Waals surface area contributed by atoms with Crippen molar-refractivity contribution in [1.82, 2.24) is 4.90 Å². The Morgan fingerprint density at radius 1 is 1.56 bits per heavy atom. The Labute approximate surface area is 106 Å². The highest BCUT2D eigenvalue weighted by Gasteiger charge is 2.57. The van der Waals surface area contributed by atoms with E-state index >= 15 is 0 Å². The van der Waals surface area contributed by atoms with Crippen molar-refractivity contribution in [2.45, 2.75) is 57.5 Å². The first-order valence-electron chi connectivity index (χ1n) is 6.14. The standard InChI is InChI=1S/C12H19NO5/c1-11(2,3)18-10(16)13-6-4-5-12(13)7-8(14)17-9(12)15/h8,14H,4-7H2,1-3H3. The second-order valence-electron chi connectivity index (χ2n) is 5.83. The van der Waals surface area contributed by atoms with Crippen LogP contribution >= 0.6 is 0 Å².